The Kier molecular flexibility index (Phi) is 6.52. The van der Waals surface area contributed by atoms with Gasteiger partial charge in [0.25, 0.3) is 0 Å². The largest absolute Gasteiger partial charge is 0.370 e. The number of primary amides is 1. The predicted molar refractivity (Wildman–Crippen MR) is 57.0 cm³/mol. The Labute approximate surface area is 89.8 Å². The fourth-order valence-electron chi connectivity index (χ4n) is 1.06. The molecule has 78 valence electrons. The third-order valence-corrected chi connectivity index (χ3v) is 2.64. The van der Waals surface area contributed by atoms with Gasteiger partial charge in [-0.25, -0.2) is 0 Å². The maximum absolute atomic E-state index is 10.5. The molecule has 0 saturated heterocycles. The molecule has 0 saturated carbocycles. The van der Waals surface area contributed by atoms with E-state index < -0.39 is 4.33 Å². The molecule has 0 fully saturated rings. The lowest BCUT2D eigenvalue weighted by atomic mass is 10.1. The van der Waals surface area contributed by atoms with Crippen molar-refractivity contribution in [2.24, 2.45) is 5.73 Å². The normalized spacial score (nSPS) is 11.6. The van der Waals surface area contributed by atoms with Crippen LogP contribution in [0.5, 0.6) is 0 Å². The predicted octanol–water partition coefficient (Wildman–Crippen LogP) is 3.01. The molecular weight excluding hydrogens is 209 g/mol. The second-order valence-electron chi connectivity index (χ2n) is 3.28. The van der Waals surface area contributed by atoms with Gasteiger partial charge in [0.05, 0.1) is 0 Å². The Hall–Kier alpha value is 0.0500. The highest BCUT2D eigenvalue weighted by Crippen LogP contribution is 2.32. The van der Waals surface area contributed by atoms with Gasteiger partial charge in [-0.3, -0.25) is 4.79 Å². The molecule has 0 aromatic heterocycles. The Balaban J connectivity index is 3.59. The number of amides is 1. The first-order chi connectivity index (χ1) is 5.98. The van der Waals surface area contributed by atoms with Crippen LogP contribution < -0.4 is 5.73 Å². The van der Waals surface area contributed by atoms with Crippen molar-refractivity contribution in [3.05, 3.63) is 0 Å². The van der Waals surface area contributed by atoms with Gasteiger partial charge in [-0.05, 0) is 12.8 Å². The van der Waals surface area contributed by atoms with Gasteiger partial charge in [-0.15, -0.1) is 23.2 Å². The average molecular weight is 226 g/mol. The highest BCUT2D eigenvalue weighted by Gasteiger charge is 2.23. The molecule has 2 nitrogen and oxygen atoms in total. The number of nitrogens with two attached hydrogens (primary N) is 1. The number of halogens is 2. The summed E-state index contributed by atoms with van der Waals surface area (Å²) >= 11 is 11.9. The molecular formula is C9H17Cl2NO. The van der Waals surface area contributed by atoms with Crippen LogP contribution >= 0.6 is 23.2 Å². The van der Waals surface area contributed by atoms with Crippen molar-refractivity contribution in [1.29, 1.82) is 0 Å². The summed E-state index contributed by atoms with van der Waals surface area (Å²) in [6.45, 7) is 2.12. The van der Waals surface area contributed by atoms with Crippen LogP contribution in [0.15, 0.2) is 0 Å². The van der Waals surface area contributed by atoms with Crippen LogP contribution in [-0.2, 0) is 4.79 Å². The number of hydrogen-bond donors (Lipinski definition) is 1. The number of carbonyl (C=O) groups is 1. The Morgan fingerprint density at radius 2 is 1.92 bits per heavy atom. The standard InChI is InChI=1S/C9H17Cl2NO/c1-2-3-4-6-9(10,11)7-5-8(12)13/h2-7H2,1H3,(H2,12,13). The van der Waals surface area contributed by atoms with E-state index in [-0.39, 0.29) is 12.3 Å². The van der Waals surface area contributed by atoms with Gasteiger partial charge < -0.3 is 5.73 Å². The van der Waals surface area contributed by atoms with E-state index >= 15 is 0 Å². The number of carbonyl (C=O) groups excluding carboxylic acids is 1. The maximum atomic E-state index is 10.5. The van der Waals surface area contributed by atoms with Gasteiger partial charge in [-0.2, -0.15) is 0 Å². The summed E-state index contributed by atoms with van der Waals surface area (Å²) in [4.78, 5) is 10.5. The zero-order valence-electron chi connectivity index (χ0n) is 7.98. The minimum absolute atomic E-state index is 0.263. The molecule has 0 radical (unpaired) electrons. The van der Waals surface area contributed by atoms with E-state index in [0.29, 0.717) is 6.42 Å². The average Bonchev–Trinajstić information content (AvgIpc) is 2.02. The van der Waals surface area contributed by atoms with Gasteiger partial charge in [0.15, 0.2) is 0 Å². The molecule has 0 heterocycles. The molecule has 2 N–H and O–H groups in total. The van der Waals surface area contributed by atoms with Crippen molar-refractivity contribution in [3.63, 3.8) is 0 Å². The minimum Gasteiger partial charge on any atom is -0.370 e. The quantitative estimate of drug-likeness (QED) is 0.526. The van der Waals surface area contributed by atoms with Crippen molar-refractivity contribution in [2.45, 2.75) is 49.8 Å². The lowest BCUT2D eigenvalue weighted by molar-refractivity contribution is -0.118. The lowest BCUT2D eigenvalue weighted by Crippen LogP contribution is -2.18. The third kappa shape index (κ3) is 8.38. The number of rotatable bonds is 7. The molecule has 0 aliphatic rings. The summed E-state index contributed by atoms with van der Waals surface area (Å²) in [5, 5.41) is 0. The maximum Gasteiger partial charge on any atom is 0.217 e. The van der Waals surface area contributed by atoms with Gasteiger partial charge >= 0.3 is 0 Å². The van der Waals surface area contributed by atoms with E-state index in [1.54, 1.807) is 0 Å². The molecule has 0 spiro atoms. The van der Waals surface area contributed by atoms with E-state index in [1.165, 1.54) is 0 Å². The van der Waals surface area contributed by atoms with E-state index in [0.717, 1.165) is 25.7 Å². The van der Waals surface area contributed by atoms with Crippen LogP contribution in [0, 0.1) is 0 Å². The van der Waals surface area contributed by atoms with Crippen molar-refractivity contribution >= 4 is 29.1 Å². The summed E-state index contributed by atoms with van der Waals surface area (Å²) in [6.07, 6.45) is 4.71. The molecule has 0 aromatic carbocycles. The van der Waals surface area contributed by atoms with E-state index in [4.69, 9.17) is 28.9 Å². The number of hydrogen-bond acceptors (Lipinski definition) is 1. The summed E-state index contributed by atoms with van der Waals surface area (Å²) in [5.74, 6) is -0.346. The van der Waals surface area contributed by atoms with E-state index in [9.17, 15) is 4.79 Å². The van der Waals surface area contributed by atoms with Crippen LogP contribution in [0.4, 0.5) is 0 Å². The zero-order valence-corrected chi connectivity index (χ0v) is 9.50. The first-order valence-corrected chi connectivity index (χ1v) is 5.39. The monoisotopic (exact) mass is 225 g/mol. The third-order valence-electron chi connectivity index (χ3n) is 1.88. The second-order valence-corrected chi connectivity index (χ2v) is 4.92. The van der Waals surface area contributed by atoms with Gasteiger partial charge in [0.1, 0.15) is 4.33 Å². The number of alkyl halides is 2. The molecule has 0 aliphatic carbocycles. The van der Waals surface area contributed by atoms with Crippen molar-refractivity contribution in [1.82, 2.24) is 0 Å². The fraction of sp³-hybridized carbons (Fsp3) is 0.889. The first-order valence-electron chi connectivity index (χ1n) is 4.64. The lowest BCUT2D eigenvalue weighted by Gasteiger charge is -2.18. The highest BCUT2D eigenvalue weighted by atomic mass is 35.5. The van der Waals surface area contributed by atoms with Crippen LogP contribution in [0.25, 0.3) is 0 Å². The molecule has 0 bridgehead atoms. The summed E-state index contributed by atoms with van der Waals surface area (Å²) < 4.78 is -0.774. The molecule has 0 atom stereocenters. The van der Waals surface area contributed by atoms with Gasteiger partial charge in [0.2, 0.25) is 5.91 Å². The molecule has 0 aromatic rings. The number of unbranched alkanes of at least 4 members (excludes halogenated alkanes) is 2. The van der Waals surface area contributed by atoms with E-state index in [1.807, 2.05) is 0 Å². The van der Waals surface area contributed by atoms with Crippen LogP contribution in [0.2, 0.25) is 0 Å². The second kappa shape index (κ2) is 6.50. The highest BCUT2D eigenvalue weighted by molar-refractivity contribution is 6.48. The Morgan fingerprint density at radius 3 is 2.38 bits per heavy atom. The minimum atomic E-state index is -0.774. The van der Waals surface area contributed by atoms with Crippen LogP contribution in [-0.4, -0.2) is 10.2 Å². The fourth-order valence-corrected chi connectivity index (χ4v) is 1.52. The summed E-state index contributed by atoms with van der Waals surface area (Å²) in [6, 6.07) is 0. The Bertz CT molecular complexity index is 160. The molecule has 0 rings (SSSR count). The van der Waals surface area contributed by atoms with Crippen LogP contribution in [0.1, 0.15) is 45.4 Å². The summed E-state index contributed by atoms with van der Waals surface area (Å²) in [5.41, 5.74) is 5.00. The SMILES string of the molecule is CCCCCC(Cl)(Cl)CCC(N)=O. The van der Waals surface area contributed by atoms with Crippen molar-refractivity contribution < 1.29 is 4.79 Å². The van der Waals surface area contributed by atoms with Crippen LogP contribution in [0.3, 0.4) is 0 Å². The molecule has 13 heavy (non-hydrogen) atoms. The first kappa shape index (κ1) is 13.1. The Morgan fingerprint density at radius 1 is 1.31 bits per heavy atom. The van der Waals surface area contributed by atoms with Gasteiger partial charge in [0, 0.05) is 6.42 Å². The molecule has 1 amide bonds. The van der Waals surface area contributed by atoms with Crippen molar-refractivity contribution in [3.8, 4) is 0 Å². The van der Waals surface area contributed by atoms with Crippen molar-refractivity contribution in [2.75, 3.05) is 0 Å². The van der Waals surface area contributed by atoms with E-state index in [2.05, 4.69) is 6.92 Å². The molecule has 0 unspecified atom stereocenters. The molecule has 4 heteroatoms. The smallest absolute Gasteiger partial charge is 0.217 e. The summed E-state index contributed by atoms with van der Waals surface area (Å²) in [7, 11) is 0. The van der Waals surface area contributed by atoms with Gasteiger partial charge in [-0.1, -0.05) is 26.2 Å². The topological polar surface area (TPSA) is 43.1 Å². The molecule has 0 aliphatic heterocycles. The zero-order chi connectivity index (χ0) is 10.3.